The third kappa shape index (κ3) is 5.88. The summed E-state index contributed by atoms with van der Waals surface area (Å²) in [5, 5.41) is 9.45. The number of hydrogen-bond acceptors (Lipinski definition) is 7. The second kappa shape index (κ2) is 12.4. The number of nitriles is 1. The number of morpholine rings is 1. The minimum Gasteiger partial charge on any atom is -0.379 e. The number of hydrogen-bond donors (Lipinski definition) is 0. The van der Waals surface area contributed by atoms with E-state index in [1.54, 1.807) is 29.8 Å². The fraction of sp³-hybridized carbons (Fsp3) is 0.545. The number of halogens is 1. The van der Waals surface area contributed by atoms with E-state index in [-0.39, 0.29) is 17.4 Å². The molecule has 2 saturated carbocycles. The fourth-order valence-corrected chi connectivity index (χ4v) is 6.88. The van der Waals surface area contributed by atoms with Crippen LogP contribution in [-0.4, -0.2) is 66.4 Å². The summed E-state index contributed by atoms with van der Waals surface area (Å²) in [5.74, 6) is 0.569. The molecule has 0 amide bonds. The Morgan fingerprint density at radius 3 is 2.48 bits per heavy atom. The van der Waals surface area contributed by atoms with Gasteiger partial charge in [-0.1, -0.05) is 6.42 Å². The Balaban J connectivity index is 1.21. The minimum atomic E-state index is -0.131. The molecule has 0 N–H and O–H groups in total. The second-order valence-corrected chi connectivity index (χ2v) is 12.3. The van der Waals surface area contributed by atoms with Crippen LogP contribution in [0.4, 0.5) is 15.8 Å². The van der Waals surface area contributed by atoms with Crippen molar-refractivity contribution in [2.75, 3.05) is 49.7 Å². The quantitative estimate of drug-likeness (QED) is 0.383. The molecule has 222 valence electrons. The number of pyridine rings is 2. The van der Waals surface area contributed by atoms with E-state index in [0.29, 0.717) is 42.9 Å². The van der Waals surface area contributed by atoms with Gasteiger partial charge in [0.05, 0.1) is 24.4 Å². The Morgan fingerprint density at radius 2 is 1.79 bits per heavy atom. The third-order valence-electron chi connectivity index (χ3n) is 9.76. The van der Waals surface area contributed by atoms with Crippen LogP contribution in [0.2, 0.25) is 0 Å². The molecular formula is C33H41FN6O2. The van der Waals surface area contributed by atoms with Crippen molar-refractivity contribution in [2.24, 2.45) is 13.0 Å². The van der Waals surface area contributed by atoms with Crippen LogP contribution in [0.15, 0.2) is 41.2 Å². The summed E-state index contributed by atoms with van der Waals surface area (Å²) in [5.41, 5.74) is 4.36. The molecule has 0 spiro atoms. The number of aromatic nitrogens is 2. The maximum atomic E-state index is 15.0. The molecule has 2 aromatic heterocycles. The van der Waals surface area contributed by atoms with E-state index in [1.165, 1.54) is 19.3 Å². The van der Waals surface area contributed by atoms with Crippen molar-refractivity contribution in [1.29, 1.82) is 5.26 Å². The average molecular weight is 573 g/mol. The molecule has 9 heteroatoms. The molecular weight excluding hydrogens is 531 g/mol. The molecule has 2 aliphatic carbocycles. The Labute approximate surface area is 247 Å². The molecule has 0 unspecified atom stereocenters. The van der Waals surface area contributed by atoms with E-state index < -0.39 is 0 Å². The fourth-order valence-electron chi connectivity index (χ4n) is 6.88. The van der Waals surface area contributed by atoms with Crippen LogP contribution >= 0.6 is 0 Å². The molecule has 1 aromatic carbocycles. The number of aryl methyl sites for hydroxylation is 1. The van der Waals surface area contributed by atoms with Gasteiger partial charge in [-0.2, -0.15) is 5.26 Å². The van der Waals surface area contributed by atoms with Gasteiger partial charge in [0.25, 0.3) is 5.56 Å². The smallest absolute Gasteiger partial charge is 0.252 e. The van der Waals surface area contributed by atoms with Gasteiger partial charge in [-0.05, 0) is 74.8 Å². The summed E-state index contributed by atoms with van der Waals surface area (Å²) >= 11 is 0. The van der Waals surface area contributed by atoms with Crippen LogP contribution < -0.4 is 15.4 Å². The van der Waals surface area contributed by atoms with E-state index in [4.69, 9.17) is 4.74 Å². The highest BCUT2D eigenvalue weighted by Gasteiger charge is 2.32. The molecule has 3 aromatic rings. The number of nitrogens with zero attached hydrogens (tertiary/aromatic N) is 6. The zero-order chi connectivity index (χ0) is 29.2. The normalized spacial score (nSPS) is 21.6. The maximum absolute atomic E-state index is 15.0. The molecule has 42 heavy (non-hydrogen) atoms. The van der Waals surface area contributed by atoms with Gasteiger partial charge in [0.1, 0.15) is 23.1 Å². The van der Waals surface area contributed by atoms with Crippen LogP contribution in [-0.2, 0) is 18.3 Å². The van der Waals surface area contributed by atoms with Crippen molar-refractivity contribution in [3.05, 3.63) is 63.8 Å². The molecule has 8 nitrogen and oxygen atoms in total. The minimum absolute atomic E-state index is 0.0830. The van der Waals surface area contributed by atoms with Gasteiger partial charge in [-0.3, -0.25) is 9.69 Å². The second-order valence-electron chi connectivity index (χ2n) is 12.3. The topological polar surface area (TPSA) is 77.6 Å². The monoisotopic (exact) mass is 572 g/mol. The molecule has 6 rings (SSSR count). The van der Waals surface area contributed by atoms with E-state index in [1.807, 2.05) is 19.2 Å². The van der Waals surface area contributed by atoms with E-state index in [0.717, 1.165) is 67.8 Å². The highest BCUT2D eigenvalue weighted by molar-refractivity contribution is 5.88. The van der Waals surface area contributed by atoms with Crippen LogP contribution in [0.1, 0.15) is 56.2 Å². The first-order valence-electron chi connectivity index (χ1n) is 15.4. The van der Waals surface area contributed by atoms with Crippen molar-refractivity contribution in [2.45, 2.75) is 63.6 Å². The van der Waals surface area contributed by atoms with Crippen molar-refractivity contribution in [1.82, 2.24) is 14.5 Å². The van der Waals surface area contributed by atoms with Crippen LogP contribution in [0, 0.1) is 23.1 Å². The molecule has 3 heterocycles. The molecule has 0 radical (unpaired) electrons. The third-order valence-corrected chi connectivity index (χ3v) is 9.76. The van der Waals surface area contributed by atoms with E-state index >= 15 is 0 Å². The first-order chi connectivity index (χ1) is 20.4. The zero-order valence-electron chi connectivity index (χ0n) is 24.8. The number of benzene rings is 1. The Hall–Kier alpha value is -3.48. The van der Waals surface area contributed by atoms with Gasteiger partial charge in [-0.15, -0.1) is 0 Å². The summed E-state index contributed by atoms with van der Waals surface area (Å²) in [6.07, 6.45) is 7.86. The largest absolute Gasteiger partial charge is 0.379 e. The van der Waals surface area contributed by atoms with Crippen molar-refractivity contribution in [3.63, 3.8) is 0 Å². The van der Waals surface area contributed by atoms with Crippen LogP contribution in [0.5, 0.6) is 0 Å². The van der Waals surface area contributed by atoms with Gasteiger partial charge >= 0.3 is 0 Å². The summed E-state index contributed by atoms with van der Waals surface area (Å²) in [4.78, 5) is 24.4. The summed E-state index contributed by atoms with van der Waals surface area (Å²) in [6.45, 7) is 4.72. The maximum Gasteiger partial charge on any atom is 0.252 e. The molecule has 0 atom stereocenters. The van der Waals surface area contributed by atoms with Crippen molar-refractivity contribution >= 4 is 22.4 Å². The summed E-state index contributed by atoms with van der Waals surface area (Å²) in [7, 11) is 3.79. The zero-order valence-corrected chi connectivity index (χ0v) is 24.8. The molecule has 1 aliphatic heterocycles. The Morgan fingerprint density at radius 1 is 1.05 bits per heavy atom. The van der Waals surface area contributed by atoms with E-state index in [9.17, 15) is 14.4 Å². The molecule has 1 saturated heterocycles. The molecule has 3 aliphatic rings. The first kappa shape index (κ1) is 28.6. The van der Waals surface area contributed by atoms with Crippen molar-refractivity contribution in [3.8, 4) is 6.07 Å². The van der Waals surface area contributed by atoms with Gasteiger partial charge in [0.2, 0.25) is 0 Å². The predicted molar refractivity (Wildman–Crippen MR) is 163 cm³/mol. The Bertz CT molecular complexity index is 1520. The van der Waals surface area contributed by atoms with Crippen LogP contribution in [0.3, 0.4) is 0 Å². The van der Waals surface area contributed by atoms with Gasteiger partial charge in [-0.25, -0.2) is 9.37 Å². The predicted octanol–water partition coefficient (Wildman–Crippen LogP) is 4.83. The number of fused-ring (bicyclic) bond motifs is 1. The molecule has 0 bridgehead atoms. The van der Waals surface area contributed by atoms with E-state index in [2.05, 4.69) is 31.8 Å². The SMILES string of the molecule is Cn1c(=O)cc(N(C)[C@H]2CC[C@@H](N(CC3CCC3)c3ccc(F)c(CN4CCOCC4)c3)CC2)c2nc(C#N)ccc21. The number of rotatable bonds is 8. The lowest BCUT2D eigenvalue weighted by Gasteiger charge is -2.44. The van der Waals surface area contributed by atoms with Crippen molar-refractivity contribution < 1.29 is 9.13 Å². The Kier molecular flexibility index (Phi) is 8.45. The number of anilines is 2. The van der Waals surface area contributed by atoms with Gasteiger partial charge in [0.15, 0.2) is 0 Å². The summed E-state index contributed by atoms with van der Waals surface area (Å²) in [6, 6.07) is 13.6. The molecule has 3 fully saturated rings. The average Bonchev–Trinajstić information content (AvgIpc) is 3.00. The standard InChI is InChI=1S/C33H41FN6O2/c1-37(31-19-32(41)38(2)30-13-6-25(20-35)36-33(30)31)26-7-9-27(10-8-26)40(21-23-4-3-5-23)28-11-12-29(34)24(18-28)22-39-14-16-42-17-15-39/h6,11-13,18-19,23,26-27H,3-5,7-10,14-17,21-22H2,1-2H3/t26-,27+. The summed E-state index contributed by atoms with van der Waals surface area (Å²) < 4.78 is 22.0. The lowest BCUT2D eigenvalue weighted by atomic mass is 9.83. The van der Waals surface area contributed by atoms with Gasteiger partial charge in [0, 0.05) is 69.7 Å². The lowest BCUT2D eigenvalue weighted by molar-refractivity contribution is 0.0337. The van der Waals surface area contributed by atoms with Crippen LogP contribution in [0.25, 0.3) is 11.0 Å². The lowest BCUT2D eigenvalue weighted by Crippen LogP contribution is -2.46. The first-order valence-corrected chi connectivity index (χ1v) is 15.4. The number of ether oxygens (including phenoxy) is 1. The highest BCUT2D eigenvalue weighted by Crippen LogP contribution is 2.36. The van der Waals surface area contributed by atoms with Gasteiger partial charge < -0.3 is 19.1 Å². The highest BCUT2D eigenvalue weighted by atomic mass is 19.1.